The Morgan fingerprint density at radius 2 is 0.415 bits per heavy atom. The molecule has 0 fully saturated rings. The molecule has 0 aromatic carbocycles. The molecule has 0 heterocycles. The van der Waals surface area contributed by atoms with Crippen LogP contribution in [0.4, 0.5) is 0 Å². The van der Waals surface area contributed by atoms with Crippen LogP contribution in [-0.2, 0) is 18.1 Å². The van der Waals surface area contributed by atoms with Crippen LogP contribution in [-0.4, -0.2) is 18.3 Å². The maximum absolute atomic E-state index is 16.3. The molecule has 0 aromatic heterocycles. The Morgan fingerprint density at radius 3 is 0.600 bits per heavy atom. The van der Waals surface area contributed by atoms with Crippen LogP contribution < -0.4 is 0 Å². The Bertz CT molecular complexity index is 854. The number of hydrogen-bond acceptors (Lipinski definition) is 4. The summed E-state index contributed by atoms with van der Waals surface area (Å²) in [4.78, 5) is 0. The van der Waals surface area contributed by atoms with Crippen LogP contribution in [0.2, 0.25) is 0 Å². The average molecular weight is 940 g/mol. The second-order valence-electron chi connectivity index (χ2n) is 21.2. The van der Waals surface area contributed by atoms with Crippen molar-refractivity contribution >= 4 is 7.82 Å². The van der Waals surface area contributed by atoms with Crippen LogP contribution in [0.3, 0.4) is 0 Å². The fourth-order valence-corrected chi connectivity index (χ4v) is 12.6. The second kappa shape index (κ2) is 49.1. The highest BCUT2D eigenvalue weighted by atomic mass is 31.2. The van der Waals surface area contributed by atoms with Crippen LogP contribution >= 0.6 is 7.82 Å². The largest absolute Gasteiger partial charge is 0.475 e. The average Bonchev–Trinajstić information content (AvgIpc) is 3.30. The molecule has 0 bridgehead atoms. The van der Waals surface area contributed by atoms with Gasteiger partial charge < -0.3 is 0 Å². The minimum Gasteiger partial charge on any atom is -0.283 e. The maximum Gasteiger partial charge on any atom is 0.475 e. The lowest BCUT2D eigenvalue weighted by Crippen LogP contribution is -2.31. The van der Waals surface area contributed by atoms with Gasteiger partial charge in [0.1, 0.15) is 0 Å². The van der Waals surface area contributed by atoms with Crippen LogP contribution in [0.25, 0.3) is 0 Å². The molecule has 0 rings (SSSR count). The highest BCUT2D eigenvalue weighted by Crippen LogP contribution is 2.57. The zero-order chi connectivity index (χ0) is 47.9. The van der Waals surface area contributed by atoms with Gasteiger partial charge in [0, 0.05) is 0 Å². The van der Waals surface area contributed by atoms with E-state index in [1.807, 2.05) is 0 Å². The van der Waals surface area contributed by atoms with Gasteiger partial charge in [-0.15, -0.1) is 0 Å². The standard InChI is InChI=1S/C60H123O4P/c1-10-19-25-31-34-40-46-52-58(55(16-7)49-43-37-28-22-13-4)62-65(61,63-59(53-47-41-35-32-26-20-11-2)56(17-8)50-44-38-29-23-14-5)64-60(54-48-42-36-33-27-21-12-3)57(18-9)51-45-39-30-24-15-6/h55-60H,10-54H2,1-9H3. The van der Waals surface area contributed by atoms with E-state index in [-0.39, 0.29) is 18.3 Å². The molecule has 0 spiro atoms. The molecule has 6 atom stereocenters. The molecule has 6 unspecified atom stereocenters. The van der Waals surface area contributed by atoms with Crippen LogP contribution in [0.5, 0.6) is 0 Å². The molecule has 0 saturated carbocycles. The fraction of sp³-hybridized carbons (Fsp3) is 1.00. The van der Waals surface area contributed by atoms with Gasteiger partial charge >= 0.3 is 7.82 Å². The molecule has 0 aliphatic rings. The van der Waals surface area contributed by atoms with Crippen molar-refractivity contribution in [3.05, 3.63) is 0 Å². The van der Waals surface area contributed by atoms with Crippen LogP contribution in [0.1, 0.15) is 351 Å². The Hall–Kier alpha value is 0.110. The van der Waals surface area contributed by atoms with Crippen molar-refractivity contribution in [2.24, 2.45) is 17.8 Å². The van der Waals surface area contributed by atoms with Gasteiger partial charge in [-0.25, -0.2) is 4.57 Å². The molecule has 5 heteroatoms. The molecule has 4 nitrogen and oxygen atoms in total. The number of phosphoric acid groups is 1. The summed E-state index contributed by atoms with van der Waals surface area (Å²) in [7, 11) is -3.95. The third kappa shape index (κ3) is 37.6. The smallest absolute Gasteiger partial charge is 0.283 e. The van der Waals surface area contributed by atoms with Crippen molar-refractivity contribution in [3.63, 3.8) is 0 Å². The lowest BCUT2D eigenvalue weighted by atomic mass is 9.89. The highest BCUT2D eigenvalue weighted by molar-refractivity contribution is 7.48. The summed E-state index contributed by atoms with van der Waals surface area (Å²) in [5.74, 6) is 1.13. The van der Waals surface area contributed by atoms with Crippen molar-refractivity contribution in [1.82, 2.24) is 0 Å². The molecule has 0 aliphatic carbocycles. The van der Waals surface area contributed by atoms with Crippen molar-refractivity contribution in [2.75, 3.05) is 0 Å². The molecule has 0 saturated heterocycles. The van der Waals surface area contributed by atoms with Gasteiger partial charge in [-0.3, -0.25) is 13.6 Å². The molecular weight excluding hydrogens is 816 g/mol. The normalized spacial score (nSPS) is 15.8. The van der Waals surface area contributed by atoms with Gasteiger partial charge in [0.05, 0.1) is 18.3 Å². The Balaban J connectivity index is 7.07. The third-order valence-electron chi connectivity index (χ3n) is 15.3. The summed E-state index contributed by atoms with van der Waals surface area (Å²) in [6, 6.07) is 0. The van der Waals surface area contributed by atoms with Crippen molar-refractivity contribution in [3.8, 4) is 0 Å². The maximum atomic E-state index is 16.3. The van der Waals surface area contributed by atoms with E-state index in [0.717, 1.165) is 77.0 Å². The van der Waals surface area contributed by atoms with E-state index in [2.05, 4.69) is 62.3 Å². The van der Waals surface area contributed by atoms with Gasteiger partial charge in [-0.05, 0) is 56.3 Å². The number of unbranched alkanes of at least 4 members (excludes halogenated alkanes) is 30. The fourth-order valence-electron chi connectivity index (χ4n) is 10.6. The molecule has 0 radical (unpaired) electrons. The topological polar surface area (TPSA) is 44.8 Å². The van der Waals surface area contributed by atoms with Gasteiger partial charge in [-0.2, -0.15) is 0 Å². The Labute approximate surface area is 411 Å². The molecule has 65 heavy (non-hydrogen) atoms. The van der Waals surface area contributed by atoms with Crippen molar-refractivity contribution < 1.29 is 18.1 Å². The van der Waals surface area contributed by atoms with Crippen molar-refractivity contribution in [2.45, 2.75) is 370 Å². The number of phosphoric ester groups is 1. The van der Waals surface area contributed by atoms with E-state index in [1.54, 1.807) is 0 Å². The monoisotopic (exact) mass is 939 g/mol. The Morgan fingerprint density at radius 1 is 0.246 bits per heavy atom. The first-order chi connectivity index (χ1) is 31.8. The summed E-state index contributed by atoms with van der Waals surface area (Å²) in [6.07, 6.45) is 55.4. The summed E-state index contributed by atoms with van der Waals surface area (Å²) in [5.41, 5.74) is 0. The molecule has 0 amide bonds. The van der Waals surface area contributed by atoms with Crippen molar-refractivity contribution in [1.29, 1.82) is 0 Å². The molecule has 0 aliphatic heterocycles. The van der Waals surface area contributed by atoms with Crippen LogP contribution in [0.15, 0.2) is 0 Å². The highest BCUT2D eigenvalue weighted by Gasteiger charge is 2.41. The van der Waals surface area contributed by atoms with E-state index in [0.29, 0.717) is 17.8 Å². The molecular formula is C60H123O4P. The SMILES string of the molecule is CCCCCCCCCC(OP(=O)(OC(CCCCCCCCC)C(CC)CCCCCCC)OC(CCCCCCCCC)C(CC)CCCCCCC)C(CC)CCCCCCC. The van der Waals surface area contributed by atoms with E-state index in [9.17, 15) is 0 Å². The third-order valence-corrected chi connectivity index (χ3v) is 16.8. The first-order valence-corrected chi connectivity index (χ1v) is 31.9. The summed E-state index contributed by atoms with van der Waals surface area (Å²) < 4.78 is 38.3. The first kappa shape index (κ1) is 65.1. The van der Waals surface area contributed by atoms with E-state index < -0.39 is 7.82 Å². The number of rotatable bonds is 54. The predicted octanol–water partition coefficient (Wildman–Crippen LogP) is 22.8. The first-order valence-electron chi connectivity index (χ1n) is 30.5. The second-order valence-corrected chi connectivity index (χ2v) is 22.7. The van der Waals surface area contributed by atoms with E-state index in [1.165, 1.54) is 212 Å². The lowest BCUT2D eigenvalue weighted by Gasteiger charge is -2.37. The van der Waals surface area contributed by atoms with E-state index in [4.69, 9.17) is 13.6 Å². The van der Waals surface area contributed by atoms with Crippen LogP contribution in [0, 0.1) is 17.8 Å². The van der Waals surface area contributed by atoms with Gasteiger partial charge in [-0.1, -0.05) is 313 Å². The van der Waals surface area contributed by atoms with Gasteiger partial charge in [0.2, 0.25) is 0 Å². The summed E-state index contributed by atoms with van der Waals surface area (Å²) in [6.45, 7) is 20.9. The Kier molecular flexibility index (Phi) is 49.2. The quantitative estimate of drug-likeness (QED) is 0.0450. The minimum absolute atomic E-state index is 0.0886. The molecule has 392 valence electrons. The van der Waals surface area contributed by atoms with Gasteiger partial charge in [0.15, 0.2) is 0 Å². The molecule has 0 aromatic rings. The summed E-state index contributed by atoms with van der Waals surface area (Å²) in [5, 5.41) is 0. The molecule has 0 N–H and O–H groups in total. The van der Waals surface area contributed by atoms with Gasteiger partial charge in [0.25, 0.3) is 0 Å². The zero-order valence-electron chi connectivity index (χ0n) is 46.4. The number of hydrogen-bond donors (Lipinski definition) is 0. The minimum atomic E-state index is -3.95. The predicted molar refractivity (Wildman–Crippen MR) is 292 cm³/mol. The van der Waals surface area contributed by atoms with E-state index >= 15 is 4.57 Å². The zero-order valence-corrected chi connectivity index (χ0v) is 47.3. The lowest BCUT2D eigenvalue weighted by molar-refractivity contribution is -0.0214. The summed E-state index contributed by atoms with van der Waals surface area (Å²) >= 11 is 0.